The minimum absolute atomic E-state index is 0.0559. The number of rotatable bonds is 11. The number of methoxy groups -OCH3 is 1. The lowest BCUT2D eigenvalue weighted by atomic mass is 10.1. The van der Waals surface area contributed by atoms with Crippen LogP contribution in [0.15, 0.2) is 18.2 Å². The minimum Gasteiger partial charge on any atom is -0.497 e. The molecule has 0 aliphatic heterocycles. The van der Waals surface area contributed by atoms with Gasteiger partial charge in [-0.2, -0.15) is 0 Å². The second-order valence-electron chi connectivity index (χ2n) is 6.07. The summed E-state index contributed by atoms with van der Waals surface area (Å²) in [4.78, 5) is 28.5. The van der Waals surface area contributed by atoms with Crippen LogP contribution in [0.2, 0.25) is 0 Å². The van der Waals surface area contributed by atoms with Gasteiger partial charge in [0.2, 0.25) is 0 Å². The van der Waals surface area contributed by atoms with Crippen molar-refractivity contribution in [2.45, 2.75) is 33.6 Å². The van der Waals surface area contributed by atoms with E-state index in [2.05, 4.69) is 4.98 Å². The molecule has 0 atom stereocenters. The molecule has 166 valence electrons. The number of aromatic nitrogens is 1. The van der Waals surface area contributed by atoms with Crippen molar-refractivity contribution < 1.29 is 37.4 Å². The molecule has 0 aliphatic carbocycles. The maximum absolute atomic E-state index is 13.8. The predicted octanol–water partition coefficient (Wildman–Crippen LogP) is 3.28. The number of hydrogen-bond acceptors (Lipinski definition) is 8. The van der Waals surface area contributed by atoms with Gasteiger partial charge in [0.05, 0.1) is 44.5 Å². The molecule has 0 spiro atoms. The van der Waals surface area contributed by atoms with Gasteiger partial charge in [-0.3, -0.25) is 14.2 Å². The van der Waals surface area contributed by atoms with E-state index in [4.69, 9.17) is 23.3 Å². The van der Waals surface area contributed by atoms with Crippen LogP contribution >= 0.6 is 7.60 Å². The lowest BCUT2D eigenvalue weighted by molar-refractivity contribution is -0.157. The molecule has 0 aliphatic rings. The Morgan fingerprint density at radius 1 is 0.967 bits per heavy atom. The fourth-order valence-corrected chi connectivity index (χ4v) is 5.07. The highest BCUT2D eigenvalue weighted by molar-refractivity contribution is 7.63. The Morgan fingerprint density at radius 2 is 1.53 bits per heavy atom. The van der Waals surface area contributed by atoms with Gasteiger partial charge in [0, 0.05) is 10.9 Å². The lowest BCUT2D eigenvalue weighted by Crippen LogP contribution is -2.30. The van der Waals surface area contributed by atoms with Crippen molar-refractivity contribution in [2.75, 3.05) is 33.5 Å². The van der Waals surface area contributed by atoms with E-state index < -0.39 is 25.5 Å². The van der Waals surface area contributed by atoms with Crippen LogP contribution in [-0.4, -0.2) is 50.5 Å². The van der Waals surface area contributed by atoms with E-state index in [1.807, 2.05) is 0 Å². The third-order valence-electron chi connectivity index (χ3n) is 4.21. The van der Waals surface area contributed by atoms with E-state index in [0.29, 0.717) is 16.7 Å². The fraction of sp³-hybridized carbons (Fsp3) is 0.500. The average molecular weight is 441 g/mol. The van der Waals surface area contributed by atoms with Gasteiger partial charge in [-0.15, -0.1) is 0 Å². The first-order valence-corrected chi connectivity index (χ1v) is 11.3. The molecule has 9 nitrogen and oxygen atoms in total. The molecule has 10 heteroatoms. The van der Waals surface area contributed by atoms with Crippen molar-refractivity contribution >= 4 is 35.7 Å². The Balaban J connectivity index is 2.86. The summed E-state index contributed by atoms with van der Waals surface area (Å²) in [5.74, 6) is -2.63. The second-order valence-corrected chi connectivity index (χ2v) is 8.03. The molecule has 0 saturated heterocycles. The standard InChI is InChI=1S/C20H28NO8P/c1-6-26-19(22)16(20(23)27-7-2)17-18(30(24,28-8-3)29-9-4)14-12-13(25-5)10-11-15(14)21-17/h10-12,16,21H,6-9H2,1-5H3. The van der Waals surface area contributed by atoms with Crippen molar-refractivity contribution in [3.63, 3.8) is 0 Å². The number of nitrogens with one attached hydrogen (secondary N) is 1. The number of fused-ring (bicyclic) bond motifs is 1. The molecule has 0 saturated carbocycles. The van der Waals surface area contributed by atoms with Crippen LogP contribution in [-0.2, 0) is 32.7 Å². The maximum atomic E-state index is 13.8. The van der Waals surface area contributed by atoms with Crippen molar-refractivity contribution in [3.05, 3.63) is 23.9 Å². The van der Waals surface area contributed by atoms with Gasteiger partial charge >= 0.3 is 19.5 Å². The summed E-state index contributed by atoms with van der Waals surface area (Å²) < 4.78 is 40.3. The normalized spacial score (nSPS) is 11.7. The topological polar surface area (TPSA) is 113 Å². The lowest BCUT2D eigenvalue weighted by Gasteiger charge is -2.21. The third kappa shape index (κ3) is 4.86. The summed E-state index contributed by atoms with van der Waals surface area (Å²) in [6, 6.07) is 5.03. The van der Waals surface area contributed by atoms with Crippen LogP contribution in [0, 0.1) is 0 Å². The molecule has 30 heavy (non-hydrogen) atoms. The second kappa shape index (κ2) is 10.6. The van der Waals surface area contributed by atoms with Crippen LogP contribution in [0.4, 0.5) is 0 Å². The molecule has 0 unspecified atom stereocenters. The highest BCUT2D eigenvalue weighted by Crippen LogP contribution is 2.51. The van der Waals surface area contributed by atoms with Crippen molar-refractivity contribution in [2.24, 2.45) is 0 Å². The van der Waals surface area contributed by atoms with E-state index in [1.165, 1.54) is 7.11 Å². The SMILES string of the molecule is CCOC(=O)C(C(=O)OCC)c1[nH]c2ccc(OC)cc2c1P(=O)(OCC)OCC. The molecule has 2 rings (SSSR count). The number of aromatic amines is 1. The Hall–Kier alpha value is -2.35. The predicted molar refractivity (Wildman–Crippen MR) is 111 cm³/mol. The first-order valence-electron chi connectivity index (χ1n) is 9.79. The zero-order valence-electron chi connectivity index (χ0n) is 17.9. The smallest absolute Gasteiger partial charge is 0.363 e. The van der Waals surface area contributed by atoms with Gasteiger partial charge in [0.15, 0.2) is 5.92 Å². The summed E-state index contributed by atoms with van der Waals surface area (Å²) >= 11 is 0. The maximum Gasteiger partial charge on any atom is 0.363 e. The number of carbonyl (C=O) groups excluding carboxylic acids is 2. The average Bonchev–Trinajstić information content (AvgIpc) is 3.07. The molecule has 1 N–H and O–H groups in total. The van der Waals surface area contributed by atoms with E-state index in [9.17, 15) is 14.2 Å². The van der Waals surface area contributed by atoms with E-state index in [0.717, 1.165) is 0 Å². The van der Waals surface area contributed by atoms with Gasteiger partial charge in [0.1, 0.15) is 5.75 Å². The molecular formula is C20H28NO8P. The largest absolute Gasteiger partial charge is 0.497 e. The molecule has 0 bridgehead atoms. The number of hydrogen-bond donors (Lipinski definition) is 1. The Morgan fingerprint density at radius 3 is 2.00 bits per heavy atom. The quantitative estimate of drug-likeness (QED) is 0.321. The molecular weight excluding hydrogens is 413 g/mol. The first-order chi connectivity index (χ1) is 14.4. The van der Waals surface area contributed by atoms with Crippen LogP contribution in [0.5, 0.6) is 5.75 Å². The van der Waals surface area contributed by atoms with E-state index in [-0.39, 0.29) is 37.4 Å². The molecule has 0 amide bonds. The highest BCUT2D eigenvalue weighted by atomic mass is 31.2. The number of carbonyl (C=O) groups is 2. The Kier molecular flexibility index (Phi) is 8.46. The number of H-pyrrole nitrogens is 1. The monoisotopic (exact) mass is 441 g/mol. The fourth-order valence-electron chi connectivity index (χ4n) is 3.10. The Labute approximate surface area is 175 Å². The zero-order chi connectivity index (χ0) is 22.3. The minimum atomic E-state index is -3.91. The summed E-state index contributed by atoms with van der Waals surface area (Å²) in [6.45, 7) is 6.92. The van der Waals surface area contributed by atoms with E-state index >= 15 is 0 Å². The molecule has 2 aromatic rings. The van der Waals surface area contributed by atoms with Crippen molar-refractivity contribution in [3.8, 4) is 5.75 Å². The molecule has 0 fully saturated rings. The third-order valence-corrected chi connectivity index (χ3v) is 6.44. The summed E-state index contributed by atoms with van der Waals surface area (Å²) in [7, 11) is -2.41. The zero-order valence-corrected chi connectivity index (χ0v) is 18.7. The van der Waals surface area contributed by atoms with Crippen molar-refractivity contribution in [1.82, 2.24) is 4.98 Å². The Bertz CT molecular complexity index is 910. The van der Waals surface area contributed by atoms with Crippen molar-refractivity contribution in [1.29, 1.82) is 0 Å². The number of ether oxygens (including phenoxy) is 3. The first kappa shape index (κ1) is 23.9. The molecule has 1 aromatic carbocycles. The summed E-state index contributed by atoms with van der Waals surface area (Å²) in [6.07, 6.45) is 0. The molecule has 1 aromatic heterocycles. The van der Waals surface area contributed by atoms with Gasteiger partial charge in [-0.1, -0.05) is 0 Å². The van der Waals surface area contributed by atoms with Crippen LogP contribution in [0.1, 0.15) is 39.3 Å². The van der Waals surface area contributed by atoms with Gasteiger partial charge in [-0.25, -0.2) is 0 Å². The van der Waals surface area contributed by atoms with Crippen LogP contribution in [0.3, 0.4) is 0 Å². The van der Waals surface area contributed by atoms with Gasteiger partial charge < -0.3 is 28.2 Å². The summed E-state index contributed by atoms with van der Waals surface area (Å²) in [5, 5.41) is 0.541. The van der Waals surface area contributed by atoms with Crippen LogP contribution in [0.25, 0.3) is 10.9 Å². The molecule has 0 radical (unpaired) electrons. The summed E-state index contributed by atoms with van der Waals surface area (Å²) in [5.41, 5.74) is 0.583. The number of esters is 2. The van der Waals surface area contributed by atoms with Crippen LogP contribution < -0.4 is 10.0 Å². The molecule has 1 heterocycles. The van der Waals surface area contributed by atoms with Gasteiger partial charge in [-0.05, 0) is 45.9 Å². The van der Waals surface area contributed by atoms with E-state index in [1.54, 1.807) is 45.9 Å². The number of benzene rings is 1. The van der Waals surface area contributed by atoms with Gasteiger partial charge in [0.25, 0.3) is 0 Å². The highest BCUT2D eigenvalue weighted by Gasteiger charge is 2.42.